The van der Waals surface area contributed by atoms with E-state index < -0.39 is 21.7 Å². The summed E-state index contributed by atoms with van der Waals surface area (Å²) >= 11 is 5.66. The molecule has 0 spiro atoms. The van der Waals surface area contributed by atoms with Crippen molar-refractivity contribution in [3.8, 4) is 11.5 Å². The number of carbonyl (C=O) groups excluding carboxylic acids is 1. The number of hydrogen-bond acceptors (Lipinski definition) is 5. The number of sulfonamides is 1. The molecular formula is C18H18ClFN2O5S. The Balaban J connectivity index is 1.49. The topological polar surface area (TPSA) is 93.7 Å². The van der Waals surface area contributed by atoms with Gasteiger partial charge >= 0.3 is 0 Å². The standard InChI is InChI=1S/C18H18ClFN2O5S/c19-12-3-5-15(14(20)10-12)22-18(23)2-1-7-21-28(24,25)13-4-6-16-17(11-13)27-9-8-26-16/h3-6,10-11,21H,1-2,7-9H2,(H,22,23). The van der Waals surface area contributed by atoms with Crippen molar-refractivity contribution < 1.29 is 27.1 Å². The number of ether oxygens (including phenoxy) is 2. The number of fused-ring (bicyclic) bond motifs is 1. The lowest BCUT2D eigenvalue weighted by molar-refractivity contribution is -0.116. The van der Waals surface area contributed by atoms with Gasteiger partial charge in [-0.05, 0) is 36.8 Å². The van der Waals surface area contributed by atoms with Gasteiger partial charge in [0.2, 0.25) is 15.9 Å². The third-order valence-corrected chi connectivity index (χ3v) is 5.60. The number of halogens is 2. The van der Waals surface area contributed by atoms with E-state index in [2.05, 4.69) is 10.0 Å². The summed E-state index contributed by atoms with van der Waals surface area (Å²) in [7, 11) is -3.75. The number of anilines is 1. The molecular weight excluding hydrogens is 411 g/mol. The smallest absolute Gasteiger partial charge is 0.240 e. The van der Waals surface area contributed by atoms with E-state index in [1.165, 1.54) is 30.3 Å². The van der Waals surface area contributed by atoms with Crippen LogP contribution < -0.4 is 19.5 Å². The molecule has 0 saturated heterocycles. The second kappa shape index (κ2) is 8.76. The van der Waals surface area contributed by atoms with Crippen molar-refractivity contribution in [3.05, 3.63) is 47.2 Å². The molecule has 7 nitrogen and oxygen atoms in total. The number of benzene rings is 2. The molecule has 1 heterocycles. The molecule has 2 aromatic carbocycles. The summed E-state index contributed by atoms with van der Waals surface area (Å²) in [6.07, 6.45) is 0.260. The average Bonchev–Trinajstić information content (AvgIpc) is 2.67. The molecule has 2 aromatic rings. The molecule has 0 fully saturated rings. The Labute approximate surface area is 166 Å². The molecule has 0 saturated carbocycles. The first kappa shape index (κ1) is 20.4. The summed E-state index contributed by atoms with van der Waals surface area (Å²) in [5.41, 5.74) is 0.0197. The summed E-state index contributed by atoms with van der Waals surface area (Å²) < 4.78 is 51.5. The minimum atomic E-state index is -3.75. The van der Waals surface area contributed by atoms with Gasteiger partial charge in [0, 0.05) is 24.1 Å². The van der Waals surface area contributed by atoms with Crippen LogP contribution in [-0.4, -0.2) is 34.1 Å². The fraction of sp³-hybridized carbons (Fsp3) is 0.278. The highest BCUT2D eigenvalue weighted by Crippen LogP contribution is 2.32. The van der Waals surface area contributed by atoms with Crippen LogP contribution in [0.25, 0.3) is 0 Å². The van der Waals surface area contributed by atoms with Gasteiger partial charge < -0.3 is 14.8 Å². The lowest BCUT2D eigenvalue weighted by Crippen LogP contribution is -2.26. The molecule has 1 amide bonds. The van der Waals surface area contributed by atoms with E-state index in [0.29, 0.717) is 24.7 Å². The summed E-state index contributed by atoms with van der Waals surface area (Å²) in [6.45, 7) is 0.819. The zero-order valence-electron chi connectivity index (χ0n) is 14.7. The van der Waals surface area contributed by atoms with Crippen LogP contribution in [0.15, 0.2) is 41.3 Å². The minimum Gasteiger partial charge on any atom is -0.486 e. The van der Waals surface area contributed by atoms with Crippen molar-refractivity contribution in [3.63, 3.8) is 0 Å². The van der Waals surface area contributed by atoms with Crippen molar-refractivity contribution in [1.82, 2.24) is 4.72 Å². The van der Waals surface area contributed by atoms with Crippen molar-refractivity contribution in [2.75, 3.05) is 25.1 Å². The molecule has 0 atom stereocenters. The third kappa shape index (κ3) is 5.12. The summed E-state index contributed by atoms with van der Waals surface area (Å²) in [4.78, 5) is 11.9. The van der Waals surface area contributed by atoms with Gasteiger partial charge in [0.05, 0.1) is 10.6 Å². The van der Waals surface area contributed by atoms with Crippen molar-refractivity contribution in [2.45, 2.75) is 17.7 Å². The van der Waals surface area contributed by atoms with Crippen LogP contribution in [0.4, 0.5) is 10.1 Å². The van der Waals surface area contributed by atoms with Crippen LogP contribution in [0.5, 0.6) is 11.5 Å². The Morgan fingerprint density at radius 2 is 1.86 bits per heavy atom. The van der Waals surface area contributed by atoms with E-state index in [1.54, 1.807) is 0 Å². The number of nitrogens with one attached hydrogen (secondary N) is 2. The first-order valence-corrected chi connectivity index (χ1v) is 10.4. The first-order chi connectivity index (χ1) is 13.3. The van der Waals surface area contributed by atoms with Gasteiger partial charge in [-0.25, -0.2) is 17.5 Å². The van der Waals surface area contributed by atoms with E-state index in [-0.39, 0.29) is 35.0 Å². The number of rotatable bonds is 7. The van der Waals surface area contributed by atoms with Crippen LogP contribution in [0, 0.1) is 5.82 Å². The first-order valence-electron chi connectivity index (χ1n) is 8.49. The fourth-order valence-electron chi connectivity index (χ4n) is 2.53. The average molecular weight is 429 g/mol. The van der Waals surface area contributed by atoms with E-state index in [9.17, 15) is 17.6 Å². The maximum atomic E-state index is 13.7. The predicted octanol–water partition coefficient (Wildman–Crippen LogP) is 2.95. The summed E-state index contributed by atoms with van der Waals surface area (Å²) in [5.74, 6) is -0.199. The van der Waals surface area contributed by atoms with Gasteiger partial charge in [-0.1, -0.05) is 11.6 Å². The lowest BCUT2D eigenvalue weighted by Gasteiger charge is -2.18. The molecule has 0 bridgehead atoms. The molecule has 0 aliphatic carbocycles. The van der Waals surface area contributed by atoms with Crippen LogP contribution in [-0.2, 0) is 14.8 Å². The van der Waals surface area contributed by atoms with Gasteiger partial charge in [0.15, 0.2) is 11.5 Å². The van der Waals surface area contributed by atoms with E-state index in [0.717, 1.165) is 6.07 Å². The largest absolute Gasteiger partial charge is 0.486 e. The second-order valence-corrected chi connectivity index (χ2v) is 8.18. The maximum Gasteiger partial charge on any atom is 0.240 e. The van der Waals surface area contributed by atoms with Crippen molar-refractivity contribution >= 4 is 33.2 Å². The lowest BCUT2D eigenvalue weighted by atomic mass is 10.2. The Morgan fingerprint density at radius 3 is 2.61 bits per heavy atom. The molecule has 0 radical (unpaired) electrons. The van der Waals surface area contributed by atoms with Crippen LogP contribution in [0.3, 0.4) is 0 Å². The highest BCUT2D eigenvalue weighted by molar-refractivity contribution is 7.89. The fourth-order valence-corrected chi connectivity index (χ4v) is 3.78. The zero-order chi connectivity index (χ0) is 20.1. The molecule has 150 valence electrons. The SMILES string of the molecule is O=C(CCCNS(=O)(=O)c1ccc2c(c1)OCCO2)Nc1ccc(Cl)cc1F. The van der Waals surface area contributed by atoms with E-state index >= 15 is 0 Å². The number of hydrogen-bond donors (Lipinski definition) is 2. The van der Waals surface area contributed by atoms with Crippen LogP contribution in [0.1, 0.15) is 12.8 Å². The molecule has 28 heavy (non-hydrogen) atoms. The highest BCUT2D eigenvalue weighted by Gasteiger charge is 2.19. The normalized spacial score (nSPS) is 13.2. The quantitative estimate of drug-likeness (QED) is 0.661. The Bertz CT molecular complexity index is 984. The molecule has 0 aromatic heterocycles. The van der Waals surface area contributed by atoms with Crippen LogP contribution >= 0.6 is 11.6 Å². The molecule has 1 aliphatic rings. The van der Waals surface area contributed by atoms with E-state index in [1.807, 2.05) is 0 Å². The second-order valence-electron chi connectivity index (χ2n) is 5.98. The van der Waals surface area contributed by atoms with Gasteiger partial charge in [-0.2, -0.15) is 0 Å². The Morgan fingerprint density at radius 1 is 1.11 bits per heavy atom. The van der Waals surface area contributed by atoms with E-state index in [4.69, 9.17) is 21.1 Å². The zero-order valence-corrected chi connectivity index (χ0v) is 16.3. The Kier molecular flexibility index (Phi) is 6.38. The number of carbonyl (C=O) groups is 1. The summed E-state index contributed by atoms with van der Waals surface area (Å²) in [6, 6.07) is 8.27. The van der Waals surface area contributed by atoms with Crippen LogP contribution in [0.2, 0.25) is 5.02 Å². The molecule has 3 rings (SSSR count). The number of amides is 1. The van der Waals surface area contributed by atoms with Gasteiger partial charge in [0.25, 0.3) is 0 Å². The van der Waals surface area contributed by atoms with Crippen molar-refractivity contribution in [2.24, 2.45) is 0 Å². The minimum absolute atomic E-state index is 0.0196. The highest BCUT2D eigenvalue weighted by atomic mass is 35.5. The Hall–Kier alpha value is -2.36. The molecule has 10 heteroatoms. The third-order valence-electron chi connectivity index (χ3n) is 3.90. The molecule has 2 N–H and O–H groups in total. The van der Waals surface area contributed by atoms with Gasteiger partial charge in [0.1, 0.15) is 19.0 Å². The van der Waals surface area contributed by atoms with Gasteiger partial charge in [-0.3, -0.25) is 4.79 Å². The van der Waals surface area contributed by atoms with Gasteiger partial charge in [-0.15, -0.1) is 0 Å². The molecule has 0 unspecified atom stereocenters. The maximum absolute atomic E-state index is 13.7. The molecule has 1 aliphatic heterocycles. The monoisotopic (exact) mass is 428 g/mol. The van der Waals surface area contributed by atoms with Crippen molar-refractivity contribution in [1.29, 1.82) is 0 Å². The predicted molar refractivity (Wildman–Crippen MR) is 102 cm³/mol. The summed E-state index contributed by atoms with van der Waals surface area (Å²) in [5, 5.41) is 2.65.